The van der Waals surface area contributed by atoms with E-state index in [1.165, 1.54) is 12.3 Å². The molecule has 0 spiro atoms. The van der Waals surface area contributed by atoms with Crippen molar-refractivity contribution in [3.63, 3.8) is 0 Å². The van der Waals surface area contributed by atoms with Gasteiger partial charge in [0, 0.05) is 30.0 Å². The molecule has 0 aliphatic carbocycles. The second-order valence-electron chi connectivity index (χ2n) is 5.03. The molecule has 1 aliphatic heterocycles. The maximum absolute atomic E-state index is 11.6. The predicted molar refractivity (Wildman–Crippen MR) is 97.8 cm³/mol. The van der Waals surface area contributed by atoms with Crippen molar-refractivity contribution in [3.8, 4) is 0 Å². The number of carboxylic acids is 2. The van der Waals surface area contributed by atoms with E-state index in [0.717, 1.165) is 18.9 Å². The van der Waals surface area contributed by atoms with E-state index in [1.807, 2.05) is 0 Å². The quantitative estimate of drug-likeness (QED) is 0.512. The zero-order valence-corrected chi connectivity index (χ0v) is 15.3. The number of nitrogens with zero attached hydrogens (tertiary/aromatic N) is 1. The number of hydrogen-bond acceptors (Lipinski definition) is 7. The van der Waals surface area contributed by atoms with Crippen LogP contribution in [-0.4, -0.2) is 62.3 Å². The van der Waals surface area contributed by atoms with Crippen molar-refractivity contribution in [1.82, 2.24) is 5.32 Å². The van der Waals surface area contributed by atoms with Crippen LogP contribution in [0.1, 0.15) is 0 Å². The Bertz CT molecular complexity index is 820. The van der Waals surface area contributed by atoms with E-state index in [0.29, 0.717) is 29.4 Å². The van der Waals surface area contributed by atoms with Crippen molar-refractivity contribution in [2.45, 2.75) is 4.90 Å². The van der Waals surface area contributed by atoms with Gasteiger partial charge in [0.05, 0.1) is 23.7 Å². The van der Waals surface area contributed by atoms with Crippen LogP contribution in [0.5, 0.6) is 0 Å². The number of hydrogen-bond donors (Lipinski definition) is 4. The van der Waals surface area contributed by atoms with Crippen molar-refractivity contribution in [2.75, 3.05) is 31.2 Å². The summed E-state index contributed by atoms with van der Waals surface area (Å²) in [7, 11) is -3.28. The van der Waals surface area contributed by atoms with Gasteiger partial charge in [-0.2, -0.15) is 0 Å². The minimum absolute atomic E-state index is 0.241. The smallest absolute Gasteiger partial charge is 0.328 e. The molecule has 0 bridgehead atoms. The third-order valence-electron chi connectivity index (χ3n) is 2.90. The third-order valence-corrected chi connectivity index (χ3v) is 4.29. The predicted octanol–water partition coefficient (Wildman–Crippen LogP) is 0.869. The lowest BCUT2D eigenvalue weighted by Crippen LogP contribution is -2.26. The SMILES string of the molecule is CS(=O)(=O)c1ccc(Cl)cc1NCC1=NCCN1.O=C(O)C=CC(=O)O. The summed E-state index contributed by atoms with van der Waals surface area (Å²) < 4.78 is 23.3. The molecule has 4 N–H and O–H groups in total. The van der Waals surface area contributed by atoms with Gasteiger partial charge in [-0.25, -0.2) is 18.0 Å². The standard InChI is InChI=1S/C11H14ClN3O2S.C4H4O4/c1-18(16,17)10-3-2-8(12)6-9(10)15-7-11-13-4-5-14-11;5-3(6)1-2-4(7)8/h2-3,6,15H,4-5,7H2,1H3,(H,13,14);1-2H,(H,5,6)(H,7,8). The number of anilines is 1. The van der Waals surface area contributed by atoms with Gasteiger partial charge in [0.15, 0.2) is 9.84 Å². The average Bonchev–Trinajstić information content (AvgIpc) is 3.04. The molecule has 11 heteroatoms. The Labute approximate surface area is 155 Å². The molecule has 9 nitrogen and oxygen atoms in total. The summed E-state index contributed by atoms with van der Waals surface area (Å²) in [6.07, 6.45) is 2.29. The Morgan fingerprint density at radius 3 is 2.38 bits per heavy atom. The van der Waals surface area contributed by atoms with Gasteiger partial charge in [-0.1, -0.05) is 11.6 Å². The number of benzene rings is 1. The number of carbonyl (C=O) groups is 2. The molecular weight excluding hydrogens is 386 g/mol. The second-order valence-corrected chi connectivity index (χ2v) is 7.45. The van der Waals surface area contributed by atoms with E-state index < -0.39 is 21.8 Å². The number of sulfone groups is 1. The monoisotopic (exact) mass is 403 g/mol. The second kappa shape index (κ2) is 9.78. The first kappa shape index (κ1) is 21.5. The summed E-state index contributed by atoms with van der Waals surface area (Å²) in [5.41, 5.74) is 0.501. The van der Waals surface area contributed by atoms with E-state index >= 15 is 0 Å². The molecule has 0 aromatic heterocycles. The lowest BCUT2D eigenvalue weighted by atomic mass is 10.3. The number of aliphatic imine (C=N–C) groups is 1. The average molecular weight is 404 g/mol. The largest absolute Gasteiger partial charge is 0.478 e. The molecule has 142 valence electrons. The molecule has 0 saturated carbocycles. The molecular formula is C15H18ClN3O6S. The fourth-order valence-electron chi connectivity index (χ4n) is 1.85. The van der Waals surface area contributed by atoms with Crippen molar-refractivity contribution < 1.29 is 28.2 Å². The Hall–Kier alpha value is -2.59. The van der Waals surface area contributed by atoms with Crippen molar-refractivity contribution in [1.29, 1.82) is 0 Å². The molecule has 0 amide bonds. The number of amidine groups is 1. The first-order valence-electron chi connectivity index (χ1n) is 7.24. The minimum Gasteiger partial charge on any atom is -0.478 e. The van der Waals surface area contributed by atoms with E-state index in [-0.39, 0.29) is 4.90 Å². The lowest BCUT2D eigenvalue weighted by molar-refractivity contribution is -0.134. The van der Waals surface area contributed by atoms with Crippen LogP contribution in [0, 0.1) is 0 Å². The van der Waals surface area contributed by atoms with Crippen LogP contribution in [-0.2, 0) is 19.4 Å². The van der Waals surface area contributed by atoms with Crippen LogP contribution in [0.4, 0.5) is 5.69 Å². The summed E-state index contributed by atoms with van der Waals surface area (Å²) in [5.74, 6) is -1.69. The lowest BCUT2D eigenvalue weighted by Gasteiger charge is -2.11. The maximum atomic E-state index is 11.6. The minimum atomic E-state index is -3.28. The molecule has 0 unspecified atom stereocenters. The van der Waals surface area contributed by atoms with E-state index in [1.54, 1.807) is 12.1 Å². The number of halogens is 1. The first-order valence-corrected chi connectivity index (χ1v) is 9.51. The van der Waals surface area contributed by atoms with Gasteiger partial charge in [0.25, 0.3) is 0 Å². The molecule has 1 aliphatic rings. The summed E-state index contributed by atoms with van der Waals surface area (Å²) >= 11 is 5.88. The van der Waals surface area contributed by atoms with Crippen LogP contribution in [0.25, 0.3) is 0 Å². The number of carboxylic acid groups (broad SMARTS) is 2. The van der Waals surface area contributed by atoms with Gasteiger partial charge in [-0.15, -0.1) is 0 Å². The normalized spacial score (nSPS) is 13.4. The Morgan fingerprint density at radius 2 is 1.92 bits per heavy atom. The van der Waals surface area contributed by atoms with Crippen molar-refractivity contribution >= 4 is 44.9 Å². The van der Waals surface area contributed by atoms with Gasteiger partial charge in [-0.3, -0.25) is 4.99 Å². The van der Waals surface area contributed by atoms with E-state index in [4.69, 9.17) is 21.8 Å². The molecule has 0 radical (unpaired) electrons. The molecule has 0 saturated heterocycles. The van der Waals surface area contributed by atoms with Crippen LogP contribution >= 0.6 is 11.6 Å². The Balaban J connectivity index is 0.000000359. The fourth-order valence-corrected chi connectivity index (χ4v) is 2.87. The Morgan fingerprint density at radius 1 is 1.31 bits per heavy atom. The van der Waals surface area contributed by atoms with Crippen LogP contribution in [0.3, 0.4) is 0 Å². The molecule has 26 heavy (non-hydrogen) atoms. The van der Waals surface area contributed by atoms with Crippen LogP contribution in [0.15, 0.2) is 40.2 Å². The number of nitrogens with one attached hydrogen (secondary N) is 2. The van der Waals surface area contributed by atoms with Crippen molar-refractivity contribution in [3.05, 3.63) is 35.4 Å². The van der Waals surface area contributed by atoms with Gasteiger partial charge in [0.2, 0.25) is 0 Å². The maximum Gasteiger partial charge on any atom is 0.328 e. The zero-order chi connectivity index (χ0) is 19.7. The highest BCUT2D eigenvalue weighted by molar-refractivity contribution is 7.90. The van der Waals surface area contributed by atoms with E-state index in [9.17, 15) is 18.0 Å². The van der Waals surface area contributed by atoms with Crippen LogP contribution in [0.2, 0.25) is 5.02 Å². The number of rotatable bonds is 6. The van der Waals surface area contributed by atoms with Gasteiger partial charge in [-0.05, 0) is 18.2 Å². The molecule has 1 aromatic carbocycles. The third kappa shape index (κ3) is 7.99. The van der Waals surface area contributed by atoms with Gasteiger partial charge >= 0.3 is 11.9 Å². The van der Waals surface area contributed by atoms with Gasteiger partial charge < -0.3 is 20.8 Å². The highest BCUT2D eigenvalue weighted by atomic mass is 35.5. The summed E-state index contributed by atoms with van der Waals surface area (Å²) in [5, 5.41) is 22.3. The molecule has 2 rings (SSSR count). The summed E-state index contributed by atoms with van der Waals surface area (Å²) in [6.45, 7) is 2.04. The molecule has 0 atom stereocenters. The zero-order valence-electron chi connectivity index (χ0n) is 13.8. The molecule has 0 fully saturated rings. The molecule has 1 aromatic rings. The number of aliphatic carboxylic acids is 2. The Kier molecular flexibility index (Phi) is 8.07. The fraction of sp³-hybridized carbons (Fsp3) is 0.267. The van der Waals surface area contributed by atoms with E-state index in [2.05, 4.69) is 15.6 Å². The first-order chi connectivity index (χ1) is 12.1. The van der Waals surface area contributed by atoms with Crippen LogP contribution < -0.4 is 10.6 Å². The molecule has 1 heterocycles. The topological polar surface area (TPSA) is 145 Å². The van der Waals surface area contributed by atoms with Crippen molar-refractivity contribution in [2.24, 2.45) is 4.99 Å². The highest BCUT2D eigenvalue weighted by Gasteiger charge is 2.14. The summed E-state index contributed by atoms with van der Waals surface area (Å²) in [4.78, 5) is 23.6. The summed E-state index contributed by atoms with van der Waals surface area (Å²) in [6, 6.07) is 4.67. The highest BCUT2D eigenvalue weighted by Crippen LogP contribution is 2.25. The van der Waals surface area contributed by atoms with Gasteiger partial charge in [0.1, 0.15) is 5.84 Å².